The Morgan fingerprint density at radius 3 is 2.52 bits per heavy atom. The Morgan fingerprint density at radius 2 is 1.81 bits per heavy atom. The molecule has 0 aliphatic carbocycles. The van der Waals surface area contributed by atoms with Crippen LogP contribution in [0.15, 0.2) is 47.4 Å². The zero-order valence-electron chi connectivity index (χ0n) is 18.0. The third-order valence-electron chi connectivity index (χ3n) is 6.42. The van der Waals surface area contributed by atoms with Crippen LogP contribution >= 0.6 is 0 Å². The molecule has 2 aromatic carbocycles. The molecule has 0 bridgehead atoms. The fourth-order valence-corrected chi connectivity index (χ4v) is 5.32. The number of fused-ring (bicyclic) bond motifs is 1. The molecule has 1 fully saturated rings. The molecule has 2 aliphatic rings. The van der Waals surface area contributed by atoms with Gasteiger partial charge < -0.3 is 14.9 Å². The number of aliphatic hydroxyl groups is 1. The number of anilines is 1. The van der Waals surface area contributed by atoms with Gasteiger partial charge >= 0.3 is 0 Å². The van der Waals surface area contributed by atoms with Crippen molar-refractivity contribution < 1.29 is 18.3 Å². The molecule has 1 saturated heterocycles. The van der Waals surface area contributed by atoms with Gasteiger partial charge in [0.1, 0.15) is 0 Å². The van der Waals surface area contributed by atoms with Crippen molar-refractivity contribution in [1.82, 2.24) is 4.90 Å². The van der Waals surface area contributed by atoms with E-state index >= 15 is 0 Å². The highest BCUT2D eigenvalue weighted by atomic mass is 32.2. The SMILES string of the molecule is CS(=O)(=O)c1cccc(-c2ccc3c(c2)N(C(=O)C2CCN(CCO)CC2)CCC3)c1. The minimum Gasteiger partial charge on any atom is -0.395 e. The molecule has 0 radical (unpaired) electrons. The van der Waals surface area contributed by atoms with Crippen molar-refractivity contribution in [3.63, 3.8) is 0 Å². The third kappa shape index (κ3) is 4.84. The number of β-amino-alcohol motifs (C(OH)–C–C–N with tert-alkyl or cyclic N) is 1. The van der Waals surface area contributed by atoms with Crippen molar-refractivity contribution in [2.75, 3.05) is 43.9 Å². The van der Waals surface area contributed by atoms with Crippen LogP contribution in [-0.2, 0) is 21.1 Å². The van der Waals surface area contributed by atoms with Crippen molar-refractivity contribution in [1.29, 1.82) is 0 Å². The van der Waals surface area contributed by atoms with Gasteiger partial charge in [0.05, 0.1) is 11.5 Å². The molecule has 4 rings (SSSR count). The summed E-state index contributed by atoms with van der Waals surface area (Å²) in [6.07, 6.45) is 4.75. The van der Waals surface area contributed by atoms with Gasteiger partial charge in [-0.3, -0.25) is 4.79 Å². The Kier molecular flexibility index (Phi) is 6.46. The Bertz CT molecular complexity index is 1060. The molecule has 0 aromatic heterocycles. The number of carbonyl (C=O) groups is 1. The molecule has 0 atom stereocenters. The summed E-state index contributed by atoms with van der Waals surface area (Å²) in [5, 5.41) is 9.14. The summed E-state index contributed by atoms with van der Waals surface area (Å²) >= 11 is 0. The van der Waals surface area contributed by atoms with Crippen molar-refractivity contribution in [2.24, 2.45) is 5.92 Å². The van der Waals surface area contributed by atoms with E-state index in [1.807, 2.05) is 23.1 Å². The van der Waals surface area contributed by atoms with Crippen LogP contribution in [0.2, 0.25) is 0 Å². The first-order valence-electron chi connectivity index (χ1n) is 10.9. The summed E-state index contributed by atoms with van der Waals surface area (Å²) in [5.74, 6) is 0.199. The van der Waals surface area contributed by atoms with Crippen LogP contribution in [-0.4, -0.2) is 63.4 Å². The van der Waals surface area contributed by atoms with Crippen molar-refractivity contribution in [3.05, 3.63) is 48.0 Å². The summed E-state index contributed by atoms with van der Waals surface area (Å²) in [6, 6.07) is 13.1. The monoisotopic (exact) mass is 442 g/mol. The van der Waals surface area contributed by atoms with Crippen LogP contribution in [0.25, 0.3) is 11.1 Å². The Morgan fingerprint density at radius 1 is 1.06 bits per heavy atom. The predicted octanol–water partition coefficient (Wildman–Crippen LogP) is 2.74. The number of sulfone groups is 1. The van der Waals surface area contributed by atoms with E-state index in [1.165, 1.54) is 11.8 Å². The molecule has 166 valence electrons. The number of aliphatic hydroxyl groups excluding tert-OH is 1. The molecule has 1 amide bonds. The topological polar surface area (TPSA) is 77.9 Å². The number of nitrogens with zero attached hydrogens (tertiary/aromatic N) is 2. The lowest BCUT2D eigenvalue weighted by Gasteiger charge is -2.36. The normalized spacial score (nSPS) is 18.1. The first kappa shape index (κ1) is 22.0. The van der Waals surface area contributed by atoms with Gasteiger partial charge in [-0.1, -0.05) is 24.3 Å². The second-order valence-corrected chi connectivity index (χ2v) is 10.6. The van der Waals surface area contributed by atoms with E-state index in [9.17, 15) is 13.2 Å². The molecule has 7 heteroatoms. The fourth-order valence-electron chi connectivity index (χ4n) is 4.65. The van der Waals surface area contributed by atoms with Crippen LogP contribution in [0, 0.1) is 5.92 Å². The molecule has 0 saturated carbocycles. The number of carbonyl (C=O) groups excluding carboxylic acids is 1. The second kappa shape index (κ2) is 9.10. The Labute approximate surface area is 184 Å². The Hall–Kier alpha value is -2.22. The maximum atomic E-state index is 13.4. The highest BCUT2D eigenvalue weighted by Gasteiger charge is 2.31. The molecule has 2 aliphatic heterocycles. The lowest BCUT2D eigenvalue weighted by atomic mass is 9.92. The number of benzene rings is 2. The number of aryl methyl sites for hydroxylation is 1. The standard InChI is InChI=1S/C24H30N2O4S/c1-31(29,30)22-6-2-4-20(16-22)21-8-7-18-5-3-11-26(23(18)17-21)24(28)19-9-12-25(13-10-19)14-15-27/h2,4,6-8,16-17,19,27H,3,5,9-15H2,1H3. The maximum Gasteiger partial charge on any atom is 0.230 e. The van der Waals surface area contributed by atoms with E-state index in [4.69, 9.17) is 5.11 Å². The van der Waals surface area contributed by atoms with E-state index in [2.05, 4.69) is 11.0 Å². The molecule has 31 heavy (non-hydrogen) atoms. The van der Waals surface area contributed by atoms with Gasteiger partial charge in [0.15, 0.2) is 9.84 Å². The minimum absolute atomic E-state index is 0.0121. The molecular weight excluding hydrogens is 412 g/mol. The second-order valence-electron chi connectivity index (χ2n) is 8.58. The molecule has 6 nitrogen and oxygen atoms in total. The number of piperidine rings is 1. The van der Waals surface area contributed by atoms with Gasteiger partial charge in [-0.15, -0.1) is 0 Å². The van der Waals surface area contributed by atoms with E-state index in [-0.39, 0.29) is 18.4 Å². The highest BCUT2D eigenvalue weighted by molar-refractivity contribution is 7.90. The lowest BCUT2D eigenvalue weighted by molar-refractivity contribution is -0.123. The molecule has 2 heterocycles. The van der Waals surface area contributed by atoms with Gasteiger partial charge in [0.2, 0.25) is 5.91 Å². The van der Waals surface area contributed by atoms with Crippen LogP contribution in [0.4, 0.5) is 5.69 Å². The van der Waals surface area contributed by atoms with Gasteiger partial charge in [0, 0.05) is 31.0 Å². The minimum atomic E-state index is -3.28. The first-order chi connectivity index (χ1) is 14.9. The van der Waals surface area contributed by atoms with Crippen LogP contribution in [0.1, 0.15) is 24.8 Å². The largest absolute Gasteiger partial charge is 0.395 e. The summed E-state index contributed by atoms with van der Waals surface area (Å²) in [6.45, 7) is 3.23. The number of likely N-dealkylation sites (tertiary alicyclic amines) is 1. The van der Waals surface area contributed by atoms with E-state index in [0.717, 1.165) is 62.1 Å². The van der Waals surface area contributed by atoms with Crippen LogP contribution in [0.5, 0.6) is 0 Å². The zero-order chi connectivity index (χ0) is 22.0. The summed E-state index contributed by atoms with van der Waals surface area (Å²) in [7, 11) is -3.28. The first-order valence-corrected chi connectivity index (χ1v) is 12.8. The molecule has 1 N–H and O–H groups in total. The van der Waals surface area contributed by atoms with Crippen molar-refractivity contribution in [3.8, 4) is 11.1 Å². The molecular formula is C24H30N2O4S. The zero-order valence-corrected chi connectivity index (χ0v) is 18.8. The predicted molar refractivity (Wildman–Crippen MR) is 122 cm³/mol. The summed E-state index contributed by atoms with van der Waals surface area (Å²) in [5.41, 5.74) is 3.87. The number of hydrogen-bond donors (Lipinski definition) is 1. The average molecular weight is 443 g/mol. The number of amides is 1. The van der Waals surface area contributed by atoms with E-state index in [0.29, 0.717) is 11.4 Å². The number of hydrogen-bond acceptors (Lipinski definition) is 5. The summed E-state index contributed by atoms with van der Waals surface area (Å²) in [4.78, 5) is 17.8. The van der Waals surface area contributed by atoms with Crippen molar-refractivity contribution in [2.45, 2.75) is 30.6 Å². The average Bonchev–Trinajstić information content (AvgIpc) is 2.78. The lowest BCUT2D eigenvalue weighted by Crippen LogP contribution is -2.44. The molecule has 0 spiro atoms. The fraction of sp³-hybridized carbons (Fsp3) is 0.458. The van der Waals surface area contributed by atoms with Gasteiger partial charge in [-0.05, 0) is 73.7 Å². The number of rotatable bonds is 5. The van der Waals surface area contributed by atoms with Gasteiger partial charge in [0.25, 0.3) is 0 Å². The molecule has 0 unspecified atom stereocenters. The summed E-state index contributed by atoms with van der Waals surface area (Å²) < 4.78 is 23.9. The van der Waals surface area contributed by atoms with Crippen LogP contribution < -0.4 is 4.90 Å². The van der Waals surface area contributed by atoms with E-state index in [1.54, 1.807) is 18.2 Å². The molecule has 2 aromatic rings. The Balaban J connectivity index is 1.59. The highest BCUT2D eigenvalue weighted by Crippen LogP contribution is 2.34. The third-order valence-corrected chi connectivity index (χ3v) is 7.53. The van der Waals surface area contributed by atoms with Crippen molar-refractivity contribution >= 4 is 21.4 Å². The smallest absolute Gasteiger partial charge is 0.230 e. The van der Waals surface area contributed by atoms with E-state index < -0.39 is 9.84 Å². The quantitative estimate of drug-likeness (QED) is 0.770. The van der Waals surface area contributed by atoms with Crippen LogP contribution in [0.3, 0.4) is 0 Å². The van der Waals surface area contributed by atoms with Gasteiger partial charge in [-0.25, -0.2) is 8.42 Å². The maximum absolute atomic E-state index is 13.4. The van der Waals surface area contributed by atoms with Gasteiger partial charge in [-0.2, -0.15) is 0 Å².